The van der Waals surface area contributed by atoms with Gasteiger partial charge < -0.3 is 10.1 Å². The summed E-state index contributed by atoms with van der Waals surface area (Å²) >= 11 is 1.35. The summed E-state index contributed by atoms with van der Waals surface area (Å²) < 4.78 is 6.64. The molecule has 7 nitrogen and oxygen atoms in total. The lowest BCUT2D eigenvalue weighted by atomic mass is 10.2. The number of amides is 1. The van der Waals surface area contributed by atoms with Crippen LogP contribution in [0.2, 0.25) is 0 Å². The molecule has 0 saturated heterocycles. The molecule has 1 aromatic rings. The first-order chi connectivity index (χ1) is 9.13. The number of thioether (sulfide) groups is 1. The van der Waals surface area contributed by atoms with Crippen LogP contribution in [0.25, 0.3) is 0 Å². The minimum atomic E-state index is -0.0137. The van der Waals surface area contributed by atoms with Crippen LogP contribution in [0, 0.1) is 5.92 Å². The Balaban J connectivity index is 2.28. The van der Waals surface area contributed by atoms with Crippen molar-refractivity contribution in [1.82, 2.24) is 25.5 Å². The van der Waals surface area contributed by atoms with Gasteiger partial charge >= 0.3 is 0 Å². The van der Waals surface area contributed by atoms with E-state index in [2.05, 4.69) is 34.7 Å². The number of hydrogen-bond donors (Lipinski definition) is 1. The predicted molar refractivity (Wildman–Crippen MR) is 72.9 cm³/mol. The fraction of sp³-hybridized carbons (Fsp3) is 0.818. The zero-order valence-electron chi connectivity index (χ0n) is 11.6. The Kier molecular flexibility index (Phi) is 7.42. The van der Waals surface area contributed by atoms with E-state index in [0.29, 0.717) is 30.0 Å². The van der Waals surface area contributed by atoms with Crippen molar-refractivity contribution in [1.29, 1.82) is 0 Å². The van der Waals surface area contributed by atoms with Gasteiger partial charge in [-0.15, -0.1) is 5.10 Å². The third-order valence-electron chi connectivity index (χ3n) is 2.22. The first kappa shape index (κ1) is 15.9. The van der Waals surface area contributed by atoms with Crippen molar-refractivity contribution in [2.75, 3.05) is 26.0 Å². The van der Waals surface area contributed by atoms with Crippen molar-refractivity contribution in [2.24, 2.45) is 5.92 Å². The normalized spacial score (nSPS) is 10.9. The molecule has 8 heteroatoms. The highest BCUT2D eigenvalue weighted by atomic mass is 32.2. The lowest BCUT2D eigenvalue weighted by Crippen LogP contribution is -2.27. The van der Waals surface area contributed by atoms with Gasteiger partial charge in [0, 0.05) is 26.8 Å². The molecule has 1 N–H and O–H groups in total. The van der Waals surface area contributed by atoms with Crippen molar-refractivity contribution >= 4 is 17.7 Å². The minimum absolute atomic E-state index is 0.0137. The molecule has 19 heavy (non-hydrogen) atoms. The standard InChI is InChI=1S/C11H21N5O2S/c1-9(2)7-16-11(13-14-15-16)19-8-10(17)12-5-4-6-18-3/h9H,4-8H2,1-3H3,(H,12,17). The third kappa shape index (κ3) is 6.53. The van der Waals surface area contributed by atoms with Crippen LogP contribution in [0.3, 0.4) is 0 Å². The van der Waals surface area contributed by atoms with Crippen molar-refractivity contribution < 1.29 is 9.53 Å². The largest absolute Gasteiger partial charge is 0.385 e. The van der Waals surface area contributed by atoms with E-state index in [1.807, 2.05) is 0 Å². The Morgan fingerprint density at radius 3 is 3.00 bits per heavy atom. The smallest absolute Gasteiger partial charge is 0.230 e. The Labute approximate surface area is 117 Å². The molecule has 0 saturated carbocycles. The van der Waals surface area contributed by atoms with Crippen molar-refractivity contribution in [3.8, 4) is 0 Å². The van der Waals surface area contributed by atoms with Gasteiger partial charge in [0.1, 0.15) is 0 Å². The summed E-state index contributed by atoms with van der Waals surface area (Å²) in [5.74, 6) is 0.775. The van der Waals surface area contributed by atoms with E-state index in [1.165, 1.54) is 11.8 Å². The van der Waals surface area contributed by atoms with Gasteiger partial charge in [0.25, 0.3) is 0 Å². The molecule has 0 unspecified atom stereocenters. The molecule has 0 spiro atoms. The van der Waals surface area contributed by atoms with Crippen molar-refractivity contribution in [3.63, 3.8) is 0 Å². The summed E-state index contributed by atoms with van der Waals surface area (Å²) in [6.45, 7) is 6.23. The molecule has 0 bridgehead atoms. The molecule has 0 aliphatic rings. The van der Waals surface area contributed by atoms with Crippen LogP contribution in [0.1, 0.15) is 20.3 Å². The molecule has 0 aromatic carbocycles. The van der Waals surface area contributed by atoms with Crippen LogP contribution in [-0.2, 0) is 16.1 Å². The highest BCUT2D eigenvalue weighted by Crippen LogP contribution is 2.14. The molecule has 1 heterocycles. The van der Waals surface area contributed by atoms with Gasteiger partial charge in [0.15, 0.2) is 0 Å². The Morgan fingerprint density at radius 1 is 1.53 bits per heavy atom. The van der Waals surface area contributed by atoms with Gasteiger partial charge in [-0.3, -0.25) is 4.79 Å². The molecular weight excluding hydrogens is 266 g/mol. The Hall–Kier alpha value is -1.15. The highest BCUT2D eigenvalue weighted by Gasteiger charge is 2.10. The van der Waals surface area contributed by atoms with E-state index in [0.717, 1.165) is 13.0 Å². The molecule has 108 valence electrons. The number of carbonyl (C=O) groups is 1. The lowest BCUT2D eigenvalue weighted by Gasteiger charge is -2.07. The van der Waals surface area contributed by atoms with Gasteiger partial charge in [-0.25, -0.2) is 4.68 Å². The molecule has 0 aliphatic carbocycles. The molecule has 0 fully saturated rings. The first-order valence-corrected chi connectivity index (χ1v) is 7.26. The van der Waals surface area contributed by atoms with Gasteiger partial charge in [0.2, 0.25) is 11.1 Å². The average Bonchev–Trinajstić information content (AvgIpc) is 2.78. The Bertz CT molecular complexity index is 383. The summed E-state index contributed by atoms with van der Waals surface area (Å²) in [5, 5.41) is 15.0. The summed E-state index contributed by atoms with van der Waals surface area (Å²) in [6, 6.07) is 0. The van der Waals surface area contributed by atoms with Crippen molar-refractivity contribution in [2.45, 2.75) is 32.0 Å². The Morgan fingerprint density at radius 2 is 2.32 bits per heavy atom. The molecule has 1 amide bonds. The number of ether oxygens (including phenoxy) is 1. The number of methoxy groups -OCH3 is 1. The maximum Gasteiger partial charge on any atom is 0.230 e. The van der Waals surface area contributed by atoms with Gasteiger partial charge in [0.05, 0.1) is 5.75 Å². The summed E-state index contributed by atoms with van der Waals surface area (Å²) in [6.07, 6.45) is 0.817. The van der Waals surface area contributed by atoms with Crippen molar-refractivity contribution in [3.05, 3.63) is 0 Å². The fourth-order valence-electron chi connectivity index (χ4n) is 1.39. The molecule has 1 rings (SSSR count). The lowest BCUT2D eigenvalue weighted by molar-refractivity contribution is -0.118. The molecule has 0 aliphatic heterocycles. The second kappa shape index (κ2) is 8.87. The zero-order valence-corrected chi connectivity index (χ0v) is 12.4. The van der Waals surface area contributed by atoms with E-state index in [4.69, 9.17) is 4.74 Å². The summed E-state index contributed by atoms with van der Waals surface area (Å²) in [4.78, 5) is 11.6. The van der Waals surface area contributed by atoms with E-state index in [1.54, 1.807) is 11.8 Å². The average molecular weight is 287 g/mol. The summed E-state index contributed by atoms with van der Waals surface area (Å²) in [5.41, 5.74) is 0. The topological polar surface area (TPSA) is 81.9 Å². The van der Waals surface area contributed by atoms with Crippen LogP contribution in [0.15, 0.2) is 5.16 Å². The monoisotopic (exact) mass is 287 g/mol. The quantitative estimate of drug-likeness (QED) is 0.528. The van der Waals surface area contributed by atoms with Gasteiger partial charge in [-0.2, -0.15) is 0 Å². The molecule has 0 atom stereocenters. The number of rotatable bonds is 9. The van der Waals surface area contributed by atoms with Crippen LogP contribution in [-0.4, -0.2) is 52.1 Å². The minimum Gasteiger partial charge on any atom is -0.385 e. The predicted octanol–water partition coefficient (Wildman–Crippen LogP) is 0.574. The molecule has 1 aromatic heterocycles. The maximum absolute atomic E-state index is 11.6. The van der Waals surface area contributed by atoms with E-state index >= 15 is 0 Å². The number of aromatic nitrogens is 4. The maximum atomic E-state index is 11.6. The third-order valence-corrected chi connectivity index (χ3v) is 3.17. The molecular formula is C11H21N5O2S. The first-order valence-electron chi connectivity index (χ1n) is 6.28. The van der Waals surface area contributed by atoms with Crippen LogP contribution in [0.5, 0.6) is 0 Å². The zero-order chi connectivity index (χ0) is 14.1. The van der Waals surface area contributed by atoms with E-state index in [9.17, 15) is 4.79 Å². The number of nitrogens with one attached hydrogen (secondary N) is 1. The van der Waals surface area contributed by atoms with Gasteiger partial charge in [-0.1, -0.05) is 25.6 Å². The highest BCUT2D eigenvalue weighted by molar-refractivity contribution is 7.99. The second-order valence-electron chi connectivity index (χ2n) is 4.52. The SMILES string of the molecule is COCCCNC(=O)CSc1nnnn1CC(C)C. The van der Waals surface area contributed by atoms with Crippen LogP contribution >= 0.6 is 11.8 Å². The van der Waals surface area contributed by atoms with Gasteiger partial charge in [-0.05, 0) is 22.8 Å². The van der Waals surface area contributed by atoms with Crippen LogP contribution < -0.4 is 5.32 Å². The number of tetrazole rings is 1. The van der Waals surface area contributed by atoms with E-state index in [-0.39, 0.29) is 5.91 Å². The second-order valence-corrected chi connectivity index (χ2v) is 5.46. The number of nitrogens with zero attached hydrogens (tertiary/aromatic N) is 4. The van der Waals surface area contributed by atoms with Crippen LogP contribution in [0.4, 0.5) is 0 Å². The number of carbonyl (C=O) groups excluding carboxylic acids is 1. The summed E-state index contributed by atoms with van der Waals surface area (Å²) in [7, 11) is 1.65. The van der Waals surface area contributed by atoms with E-state index < -0.39 is 0 Å². The number of hydrogen-bond acceptors (Lipinski definition) is 6. The fourth-order valence-corrected chi connectivity index (χ4v) is 2.10. The molecule has 0 radical (unpaired) electrons.